The van der Waals surface area contributed by atoms with Crippen molar-refractivity contribution in [2.75, 3.05) is 0 Å². The zero-order valence-electron chi connectivity index (χ0n) is 9.25. The van der Waals surface area contributed by atoms with Crippen LogP contribution in [0.3, 0.4) is 0 Å². The number of aliphatic hydroxyl groups excluding tert-OH is 1. The first kappa shape index (κ1) is 13.8. The average Bonchev–Trinajstić information content (AvgIpc) is 2.28. The second kappa shape index (κ2) is 4.92. The standard InChI is InChI=1S/C12H8F3NO2/c1-7(17)10(6-16)11(18)8-3-2-4-9(5-8)12(13,14)15/h2-5,18H,1H3. The molecular formula is C12H8F3NO2. The maximum atomic E-state index is 12.4. The summed E-state index contributed by atoms with van der Waals surface area (Å²) < 4.78 is 37.3. The zero-order chi connectivity index (χ0) is 13.9. The van der Waals surface area contributed by atoms with E-state index in [1.807, 2.05) is 0 Å². The Morgan fingerprint density at radius 2 is 2.00 bits per heavy atom. The normalized spacial score (nSPS) is 12.6. The van der Waals surface area contributed by atoms with Crippen LogP contribution in [-0.2, 0) is 11.0 Å². The van der Waals surface area contributed by atoms with E-state index < -0.39 is 28.9 Å². The summed E-state index contributed by atoms with van der Waals surface area (Å²) in [6.45, 7) is 1.04. The van der Waals surface area contributed by atoms with Crippen molar-refractivity contribution in [3.05, 3.63) is 41.0 Å². The Hall–Kier alpha value is -2.29. The predicted molar refractivity (Wildman–Crippen MR) is 57.3 cm³/mol. The van der Waals surface area contributed by atoms with Gasteiger partial charge in [0.2, 0.25) is 0 Å². The molecule has 0 unspecified atom stereocenters. The third-order valence-electron chi connectivity index (χ3n) is 2.16. The second-order valence-corrected chi connectivity index (χ2v) is 3.47. The van der Waals surface area contributed by atoms with Crippen LogP contribution in [0, 0.1) is 11.3 Å². The van der Waals surface area contributed by atoms with Crippen molar-refractivity contribution in [3.63, 3.8) is 0 Å². The van der Waals surface area contributed by atoms with Crippen LogP contribution in [0.1, 0.15) is 18.1 Å². The molecule has 0 saturated carbocycles. The molecule has 94 valence electrons. The number of Topliss-reactive ketones (excluding diaryl/α,β-unsaturated/α-hetero) is 1. The average molecular weight is 255 g/mol. The number of aliphatic hydroxyl groups is 1. The molecule has 3 nitrogen and oxygen atoms in total. The molecule has 0 radical (unpaired) electrons. The fourth-order valence-electron chi connectivity index (χ4n) is 1.29. The lowest BCUT2D eigenvalue weighted by Crippen LogP contribution is -2.06. The van der Waals surface area contributed by atoms with Crippen LogP contribution in [0.5, 0.6) is 0 Å². The molecule has 0 fully saturated rings. The Balaban J connectivity index is 3.36. The highest BCUT2D eigenvalue weighted by Crippen LogP contribution is 2.31. The van der Waals surface area contributed by atoms with Crippen molar-refractivity contribution in [1.29, 1.82) is 5.26 Å². The van der Waals surface area contributed by atoms with E-state index >= 15 is 0 Å². The van der Waals surface area contributed by atoms with Gasteiger partial charge in [0, 0.05) is 12.5 Å². The number of ketones is 1. The monoisotopic (exact) mass is 255 g/mol. The first-order valence-electron chi connectivity index (χ1n) is 4.79. The number of carbonyl (C=O) groups is 1. The summed E-state index contributed by atoms with van der Waals surface area (Å²) in [6, 6.07) is 5.24. The van der Waals surface area contributed by atoms with E-state index in [2.05, 4.69) is 0 Å². The van der Waals surface area contributed by atoms with Crippen LogP contribution in [0.4, 0.5) is 13.2 Å². The second-order valence-electron chi connectivity index (χ2n) is 3.47. The van der Waals surface area contributed by atoms with Crippen LogP contribution >= 0.6 is 0 Å². The van der Waals surface area contributed by atoms with Gasteiger partial charge in [-0.15, -0.1) is 0 Å². The molecule has 1 rings (SSSR count). The summed E-state index contributed by atoms with van der Waals surface area (Å²) in [5.74, 6) is -1.47. The highest BCUT2D eigenvalue weighted by Gasteiger charge is 2.30. The van der Waals surface area contributed by atoms with Gasteiger partial charge in [0.1, 0.15) is 17.4 Å². The highest BCUT2D eigenvalue weighted by molar-refractivity contribution is 6.03. The number of allylic oxidation sites excluding steroid dienone is 1. The lowest BCUT2D eigenvalue weighted by atomic mass is 10.0. The molecule has 0 aromatic heterocycles. The minimum Gasteiger partial charge on any atom is -0.506 e. The summed E-state index contributed by atoms with van der Waals surface area (Å²) >= 11 is 0. The quantitative estimate of drug-likeness (QED) is 0.501. The van der Waals surface area contributed by atoms with Crippen molar-refractivity contribution in [2.45, 2.75) is 13.1 Å². The molecule has 0 saturated heterocycles. The highest BCUT2D eigenvalue weighted by atomic mass is 19.4. The molecule has 0 atom stereocenters. The smallest absolute Gasteiger partial charge is 0.416 e. The minimum absolute atomic E-state index is 0.225. The molecule has 0 amide bonds. The molecule has 18 heavy (non-hydrogen) atoms. The Morgan fingerprint density at radius 3 is 2.44 bits per heavy atom. The van der Waals surface area contributed by atoms with Crippen molar-refractivity contribution in [2.24, 2.45) is 0 Å². The largest absolute Gasteiger partial charge is 0.506 e. The van der Waals surface area contributed by atoms with Crippen molar-refractivity contribution < 1.29 is 23.1 Å². The molecule has 6 heteroatoms. The van der Waals surface area contributed by atoms with E-state index in [0.29, 0.717) is 6.07 Å². The number of alkyl halides is 3. The molecule has 0 aliphatic heterocycles. The number of nitriles is 1. The van der Waals surface area contributed by atoms with E-state index in [1.54, 1.807) is 0 Å². The van der Waals surface area contributed by atoms with Gasteiger partial charge in [0.15, 0.2) is 5.78 Å². The predicted octanol–water partition coefficient (Wildman–Crippen LogP) is 3.09. The summed E-state index contributed by atoms with van der Waals surface area (Å²) in [4.78, 5) is 11.0. The van der Waals surface area contributed by atoms with Gasteiger partial charge in [-0.1, -0.05) is 12.1 Å². The summed E-state index contributed by atoms with van der Waals surface area (Å²) in [5, 5.41) is 18.3. The molecule has 0 aliphatic rings. The fraction of sp³-hybridized carbons (Fsp3) is 0.167. The third-order valence-corrected chi connectivity index (χ3v) is 2.16. The lowest BCUT2D eigenvalue weighted by Gasteiger charge is -2.08. The lowest BCUT2D eigenvalue weighted by molar-refractivity contribution is -0.137. The van der Waals surface area contributed by atoms with E-state index in [9.17, 15) is 23.1 Å². The van der Waals surface area contributed by atoms with Crippen LogP contribution < -0.4 is 0 Å². The van der Waals surface area contributed by atoms with E-state index in [1.165, 1.54) is 12.1 Å². The first-order chi connectivity index (χ1) is 8.27. The van der Waals surface area contributed by atoms with Gasteiger partial charge in [-0.3, -0.25) is 4.79 Å². The summed E-state index contributed by atoms with van der Waals surface area (Å²) in [5.41, 5.74) is -1.77. The number of hydrogen-bond acceptors (Lipinski definition) is 3. The van der Waals surface area contributed by atoms with Crippen LogP contribution in [0.25, 0.3) is 5.76 Å². The summed E-state index contributed by atoms with van der Waals surface area (Å²) in [7, 11) is 0. The molecule has 0 bridgehead atoms. The zero-order valence-corrected chi connectivity index (χ0v) is 9.25. The van der Waals surface area contributed by atoms with Gasteiger partial charge in [0.25, 0.3) is 0 Å². The molecular weight excluding hydrogens is 247 g/mol. The maximum absolute atomic E-state index is 12.4. The van der Waals surface area contributed by atoms with Gasteiger partial charge in [-0.25, -0.2) is 0 Å². The van der Waals surface area contributed by atoms with Crippen molar-refractivity contribution >= 4 is 11.5 Å². The number of benzene rings is 1. The van der Waals surface area contributed by atoms with E-state index in [-0.39, 0.29) is 5.56 Å². The van der Waals surface area contributed by atoms with Gasteiger partial charge >= 0.3 is 6.18 Å². The number of halogens is 3. The van der Waals surface area contributed by atoms with Crippen LogP contribution in [-0.4, -0.2) is 10.9 Å². The minimum atomic E-state index is -4.56. The SMILES string of the molecule is CC(=O)C(C#N)=C(O)c1cccc(C(F)(F)F)c1. The Morgan fingerprint density at radius 1 is 1.39 bits per heavy atom. The van der Waals surface area contributed by atoms with Crippen molar-refractivity contribution in [3.8, 4) is 6.07 Å². The van der Waals surface area contributed by atoms with Crippen LogP contribution in [0.2, 0.25) is 0 Å². The number of carbonyl (C=O) groups excluding carboxylic acids is 1. The maximum Gasteiger partial charge on any atom is 0.416 e. The van der Waals surface area contributed by atoms with Gasteiger partial charge in [-0.2, -0.15) is 18.4 Å². The number of rotatable bonds is 2. The number of nitrogens with zero attached hydrogens (tertiary/aromatic N) is 1. The Labute approximate surface area is 101 Å². The van der Waals surface area contributed by atoms with E-state index in [0.717, 1.165) is 19.1 Å². The summed E-state index contributed by atoms with van der Waals surface area (Å²) in [6.07, 6.45) is -4.56. The van der Waals surface area contributed by atoms with Gasteiger partial charge in [0.05, 0.1) is 5.56 Å². The van der Waals surface area contributed by atoms with Crippen molar-refractivity contribution in [1.82, 2.24) is 0 Å². The molecule has 1 N–H and O–H groups in total. The molecule has 0 aliphatic carbocycles. The fourth-order valence-corrected chi connectivity index (χ4v) is 1.29. The van der Waals surface area contributed by atoms with Gasteiger partial charge < -0.3 is 5.11 Å². The van der Waals surface area contributed by atoms with Gasteiger partial charge in [-0.05, 0) is 12.1 Å². The Bertz CT molecular complexity index is 553. The first-order valence-corrected chi connectivity index (χ1v) is 4.79. The topological polar surface area (TPSA) is 61.1 Å². The molecule has 0 heterocycles. The molecule has 1 aromatic rings. The molecule has 0 spiro atoms. The Kier molecular flexibility index (Phi) is 3.76. The third kappa shape index (κ3) is 2.88. The van der Waals surface area contributed by atoms with Crippen LogP contribution in [0.15, 0.2) is 29.8 Å². The number of hydrogen-bond donors (Lipinski definition) is 1. The van der Waals surface area contributed by atoms with E-state index in [4.69, 9.17) is 5.26 Å². The molecule has 1 aromatic carbocycles.